The van der Waals surface area contributed by atoms with E-state index in [2.05, 4.69) is 28.1 Å². The molecule has 11 heavy (non-hydrogen) atoms. The summed E-state index contributed by atoms with van der Waals surface area (Å²) in [5, 5.41) is 7.06. The van der Waals surface area contributed by atoms with Gasteiger partial charge in [-0.3, -0.25) is 0 Å². The van der Waals surface area contributed by atoms with Gasteiger partial charge in [-0.2, -0.15) is 0 Å². The lowest BCUT2D eigenvalue weighted by Gasteiger charge is -1.77. The Morgan fingerprint density at radius 1 is 1.09 bits per heavy atom. The van der Waals surface area contributed by atoms with Gasteiger partial charge < -0.3 is 0 Å². The lowest BCUT2D eigenvalue weighted by atomic mass is 10.3. The Labute approximate surface area is 66.4 Å². The Morgan fingerprint density at radius 2 is 1.45 bits per heavy atom. The maximum absolute atomic E-state index is 4.38. The van der Waals surface area contributed by atoms with Crippen molar-refractivity contribution in [2.24, 2.45) is 0 Å². The summed E-state index contributed by atoms with van der Waals surface area (Å²) in [6.45, 7) is 11.0. The number of hydrogen-bond donors (Lipinski definition) is 0. The highest BCUT2D eigenvalue weighted by Crippen LogP contribution is 2.03. The van der Waals surface area contributed by atoms with E-state index in [-0.39, 0.29) is 0 Å². The molecule has 0 aliphatic carbocycles. The van der Waals surface area contributed by atoms with Crippen LogP contribution in [0.3, 0.4) is 0 Å². The Balaban J connectivity index is 0.000000461. The quantitative estimate of drug-likeness (QED) is 0.653. The largest absolute Gasteiger partial charge is 0.243 e. The topological polar surface area (TPSA) is 38.9 Å². The van der Waals surface area contributed by atoms with Crippen molar-refractivity contribution in [2.75, 3.05) is 0 Å². The van der Waals surface area contributed by atoms with Crippen molar-refractivity contribution < 1.29 is 4.63 Å². The molecular formula is C8H12N2O. The van der Waals surface area contributed by atoms with Crippen molar-refractivity contribution >= 4 is 12.2 Å². The number of rotatable bonds is 2. The molecule has 0 bridgehead atoms. The summed E-state index contributed by atoms with van der Waals surface area (Å²) in [6.07, 6.45) is 3.13. The highest BCUT2D eigenvalue weighted by molar-refractivity contribution is 5.55. The van der Waals surface area contributed by atoms with Crippen LogP contribution in [0.5, 0.6) is 0 Å². The van der Waals surface area contributed by atoms with E-state index in [1.807, 2.05) is 13.8 Å². The number of aromatic nitrogens is 2. The zero-order valence-corrected chi connectivity index (χ0v) is 6.87. The Morgan fingerprint density at radius 3 is 1.73 bits per heavy atom. The average Bonchev–Trinajstić information content (AvgIpc) is 2.54. The first-order valence-electron chi connectivity index (χ1n) is 3.46. The van der Waals surface area contributed by atoms with Gasteiger partial charge in [0.15, 0.2) is 0 Å². The lowest BCUT2D eigenvalue weighted by molar-refractivity contribution is 0.305. The third-order valence-corrected chi connectivity index (χ3v) is 0.927. The highest BCUT2D eigenvalue weighted by Gasteiger charge is 1.98. The second kappa shape index (κ2) is 5.41. The van der Waals surface area contributed by atoms with Crippen molar-refractivity contribution in [1.29, 1.82) is 0 Å². The second-order valence-corrected chi connectivity index (χ2v) is 1.44. The van der Waals surface area contributed by atoms with Gasteiger partial charge in [0.1, 0.15) is 11.4 Å². The highest BCUT2D eigenvalue weighted by atomic mass is 16.6. The summed E-state index contributed by atoms with van der Waals surface area (Å²) in [5.74, 6) is 0. The number of hydrogen-bond acceptors (Lipinski definition) is 3. The van der Waals surface area contributed by atoms with E-state index in [1.165, 1.54) is 0 Å². The lowest BCUT2D eigenvalue weighted by Crippen LogP contribution is -1.73. The SMILES string of the molecule is C=Cc1nonc1C=C.CC. The molecule has 0 N–H and O–H groups in total. The van der Waals surface area contributed by atoms with Crippen LogP contribution in [0.15, 0.2) is 17.8 Å². The van der Waals surface area contributed by atoms with Crippen LogP contribution in [-0.2, 0) is 0 Å². The first-order chi connectivity index (χ1) is 5.38. The fraction of sp³-hybridized carbons (Fsp3) is 0.250. The van der Waals surface area contributed by atoms with E-state index in [9.17, 15) is 0 Å². The molecule has 1 aromatic heterocycles. The molecule has 1 heterocycles. The summed E-state index contributed by atoms with van der Waals surface area (Å²) in [5.41, 5.74) is 1.26. The normalized spacial score (nSPS) is 7.82. The minimum Gasteiger partial charge on any atom is -0.243 e. The third kappa shape index (κ3) is 2.37. The molecule has 60 valence electrons. The van der Waals surface area contributed by atoms with E-state index in [4.69, 9.17) is 0 Å². The van der Waals surface area contributed by atoms with Crippen LogP contribution in [0.25, 0.3) is 12.2 Å². The Bertz CT molecular complexity index is 205. The molecule has 0 radical (unpaired) electrons. The minimum absolute atomic E-state index is 0.630. The van der Waals surface area contributed by atoms with Crippen molar-refractivity contribution in [1.82, 2.24) is 10.3 Å². The monoisotopic (exact) mass is 152 g/mol. The predicted octanol–water partition coefficient (Wildman–Crippen LogP) is 2.38. The molecule has 0 spiro atoms. The van der Waals surface area contributed by atoms with Crippen molar-refractivity contribution in [2.45, 2.75) is 13.8 Å². The molecule has 1 aromatic rings. The van der Waals surface area contributed by atoms with E-state index in [0.29, 0.717) is 11.4 Å². The summed E-state index contributed by atoms with van der Waals surface area (Å²) in [6, 6.07) is 0. The molecule has 1 rings (SSSR count). The predicted molar refractivity (Wildman–Crippen MR) is 45.8 cm³/mol. The first kappa shape index (κ1) is 9.62. The van der Waals surface area contributed by atoms with Gasteiger partial charge in [-0.1, -0.05) is 27.0 Å². The molecule has 0 unspecified atom stereocenters. The van der Waals surface area contributed by atoms with Crippen LogP contribution < -0.4 is 0 Å². The van der Waals surface area contributed by atoms with Gasteiger partial charge in [-0.25, -0.2) is 4.63 Å². The van der Waals surface area contributed by atoms with Crippen molar-refractivity contribution in [3.63, 3.8) is 0 Å². The summed E-state index contributed by atoms with van der Waals surface area (Å²) < 4.78 is 4.38. The van der Waals surface area contributed by atoms with Crippen LogP contribution in [0.4, 0.5) is 0 Å². The molecular weight excluding hydrogens is 140 g/mol. The second-order valence-electron chi connectivity index (χ2n) is 1.44. The molecule has 0 aliphatic heterocycles. The standard InChI is InChI=1S/C6H6N2O.C2H6/c1-3-5-6(4-2)8-9-7-5;1-2/h3-4H,1-2H2;1-2H3. The van der Waals surface area contributed by atoms with Gasteiger partial charge in [0, 0.05) is 0 Å². The molecule has 3 nitrogen and oxygen atoms in total. The summed E-state index contributed by atoms with van der Waals surface area (Å²) >= 11 is 0. The number of nitrogens with zero attached hydrogens (tertiary/aromatic N) is 2. The third-order valence-electron chi connectivity index (χ3n) is 0.927. The van der Waals surface area contributed by atoms with Gasteiger partial charge >= 0.3 is 0 Å². The molecule has 0 aromatic carbocycles. The Kier molecular flexibility index (Phi) is 4.73. The van der Waals surface area contributed by atoms with Crippen molar-refractivity contribution in [3.8, 4) is 0 Å². The van der Waals surface area contributed by atoms with Crippen LogP contribution in [-0.4, -0.2) is 10.3 Å². The van der Waals surface area contributed by atoms with Gasteiger partial charge in [0.2, 0.25) is 0 Å². The molecule has 0 saturated carbocycles. The fourth-order valence-corrected chi connectivity index (χ4v) is 0.486. The van der Waals surface area contributed by atoms with Gasteiger partial charge in [0.05, 0.1) is 0 Å². The molecule has 0 saturated heterocycles. The van der Waals surface area contributed by atoms with Crippen molar-refractivity contribution in [3.05, 3.63) is 24.5 Å². The molecule has 3 heteroatoms. The van der Waals surface area contributed by atoms with Gasteiger partial charge in [0.25, 0.3) is 0 Å². The van der Waals surface area contributed by atoms with Crippen LogP contribution in [0.1, 0.15) is 25.2 Å². The Hall–Kier alpha value is -1.38. The maximum Gasteiger partial charge on any atom is 0.134 e. The minimum atomic E-state index is 0.630. The zero-order chi connectivity index (χ0) is 8.69. The van der Waals surface area contributed by atoms with Crippen LogP contribution >= 0.6 is 0 Å². The molecule has 0 aliphatic rings. The summed E-state index contributed by atoms with van der Waals surface area (Å²) in [7, 11) is 0. The molecule has 0 atom stereocenters. The van der Waals surface area contributed by atoms with E-state index in [1.54, 1.807) is 12.2 Å². The van der Waals surface area contributed by atoms with Crippen LogP contribution in [0, 0.1) is 0 Å². The first-order valence-corrected chi connectivity index (χ1v) is 3.46. The van der Waals surface area contributed by atoms with Gasteiger partial charge in [-0.05, 0) is 22.5 Å². The zero-order valence-electron chi connectivity index (χ0n) is 6.87. The van der Waals surface area contributed by atoms with Crippen LogP contribution in [0.2, 0.25) is 0 Å². The average molecular weight is 152 g/mol. The fourth-order valence-electron chi connectivity index (χ4n) is 0.486. The van der Waals surface area contributed by atoms with E-state index in [0.717, 1.165) is 0 Å². The smallest absolute Gasteiger partial charge is 0.134 e. The maximum atomic E-state index is 4.38. The van der Waals surface area contributed by atoms with E-state index < -0.39 is 0 Å². The summed E-state index contributed by atoms with van der Waals surface area (Å²) in [4.78, 5) is 0. The van der Waals surface area contributed by atoms with Gasteiger partial charge in [-0.15, -0.1) is 0 Å². The molecule has 0 fully saturated rings. The molecule has 0 amide bonds. The van der Waals surface area contributed by atoms with E-state index >= 15 is 0 Å².